The van der Waals surface area contributed by atoms with Gasteiger partial charge in [-0.2, -0.15) is 5.10 Å². The normalized spacial score (nSPS) is 19.3. The van der Waals surface area contributed by atoms with E-state index in [-0.39, 0.29) is 11.9 Å². The van der Waals surface area contributed by atoms with Crippen molar-refractivity contribution < 1.29 is 9.63 Å². The third-order valence-corrected chi connectivity index (χ3v) is 4.01. The maximum Gasteiger partial charge on any atom is 0.274 e. The van der Waals surface area contributed by atoms with Crippen molar-refractivity contribution in [2.24, 2.45) is 5.10 Å². The van der Waals surface area contributed by atoms with E-state index in [0.717, 1.165) is 11.4 Å². The van der Waals surface area contributed by atoms with E-state index in [9.17, 15) is 4.79 Å². The molecule has 1 N–H and O–H groups in total. The van der Waals surface area contributed by atoms with Gasteiger partial charge >= 0.3 is 0 Å². The molecule has 0 spiro atoms. The number of amides is 1. The van der Waals surface area contributed by atoms with Crippen LogP contribution in [0.4, 0.5) is 0 Å². The number of nitrogens with one attached hydrogen (secondary N) is 1. The highest BCUT2D eigenvalue weighted by Gasteiger charge is 2.35. The van der Waals surface area contributed by atoms with E-state index in [4.69, 9.17) is 4.84 Å². The van der Waals surface area contributed by atoms with Gasteiger partial charge in [0.1, 0.15) is 12.1 Å². The van der Waals surface area contributed by atoms with Crippen molar-refractivity contribution in [3.63, 3.8) is 0 Å². The Balaban J connectivity index is 1.68. The first-order valence-corrected chi connectivity index (χ1v) is 7.71. The van der Waals surface area contributed by atoms with E-state index in [1.54, 1.807) is 28.4 Å². The summed E-state index contributed by atoms with van der Waals surface area (Å²) in [5, 5.41) is 7.76. The van der Waals surface area contributed by atoms with E-state index in [2.05, 4.69) is 10.7 Å². The number of benzene rings is 2. The number of amidine groups is 1. The van der Waals surface area contributed by atoms with E-state index >= 15 is 0 Å². The summed E-state index contributed by atoms with van der Waals surface area (Å²) in [4.78, 5) is 17.9. The Hall–Kier alpha value is -3.12. The predicted molar refractivity (Wildman–Crippen MR) is 89.0 cm³/mol. The van der Waals surface area contributed by atoms with Crippen LogP contribution in [0.15, 0.2) is 78.2 Å². The van der Waals surface area contributed by atoms with Crippen LogP contribution in [0.5, 0.6) is 0 Å². The van der Waals surface area contributed by atoms with Gasteiger partial charge in [0.25, 0.3) is 5.91 Å². The van der Waals surface area contributed by atoms with Crippen LogP contribution in [0.2, 0.25) is 0 Å². The lowest BCUT2D eigenvalue weighted by Crippen LogP contribution is -2.33. The standard InChI is InChI=1S/C18H16N4O2/c23-18(15-9-5-2-6-10-15)22-16(14-7-3-1-4-8-14)13-17(19-22)21-11-12-24-20-21/h1-12,16,20H,13H2. The number of hydrazine groups is 1. The summed E-state index contributed by atoms with van der Waals surface area (Å²) >= 11 is 0. The summed E-state index contributed by atoms with van der Waals surface area (Å²) in [6.07, 6.45) is 3.86. The molecule has 0 aromatic heterocycles. The molecule has 0 saturated heterocycles. The molecule has 6 nitrogen and oxygen atoms in total. The Morgan fingerprint density at radius 2 is 1.79 bits per heavy atom. The molecule has 2 aromatic rings. The minimum absolute atomic E-state index is 0.122. The van der Waals surface area contributed by atoms with Gasteiger partial charge in [-0.05, 0) is 17.7 Å². The molecule has 0 fully saturated rings. The maximum absolute atomic E-state index is 12.9. The highest BCUT2D eigenvalue weighted by molar-refractivity contribution is 5.97. The fourth-order valence-corrected chi connectivity index (χ4v) is 2.82. The molecule has 0 radical (unpaired) electrons. The number of hydrogen-bond acceptors (Lipinski definition) is 5. The minimum atomic E-state index is -0.148. The lowest BCUT2D eigenvalue weighted by molar-refractivity contribution is 0.0704. The molecule has 2 aromatic carbocycles. The van der Waals surface area contributed by atoms with Gasteiger partial charge in [-0.25, -0.2) is 10.0 Å². The zero-order valence-corrected chi connectivity index (χ0v) is 12.9. The number of nitrogens with zero attached hydrogens (tertiary/aromatic N) is 3. The molecular weight excluding hydrogens is 304 g/mol. The summed E-state index contributed by atoms with van der Waals surface area (Å²) in [7, 11) is 0. The van der Waals surface area contributed by atoms with Crippen molar-refractivity contribution >= 4 is 11.7 Å². The molecule has 120 valence electrons. The molecule has 1 unspecified atom stereocenters. The molecule has 2 aliphatic heterocycles. The number of rotatable bonds is 2. The molecule has 1 atom stereocenters. The van der Waals surface area contributed by atoms with Crippen LogP contribution in [-0.2, 0) is 4.84 Å². The zero-order chi connectivity index (χ0) is 16.4. The Bertz CT molecular complexity index is 789. The number of hydrazone groups is 1. The predicted octanol–water partition coefficient (Wildman–Crippen LogP) is 2.81. The van der Waals surface area contributed by atoms with Crippen molar-refractivity contribution in [3.05, 3.63) is 84.3 Å². The Morgan fingerprint density at radius 1 is 1.08 bits per heavy atom. The molecule has 2 heterocycles. The van der Waals surface area contributed by atoms with Crippen molar-refractivity contribution in [2.75, 3.05) is 0 Å². The van der Waals surface area contributed by atoms with E-state index in [1.807, 2.05) is 48.5 Å². The van der Waals surface area contributed by atoms with E-state index < -0.39 is 0 Å². The summed E-state index contributed by atoms with van der Waals surface area (Å²) in [6, 6.07) is 19.0. The van der Waals surface area contributed by atoms with Gasteiger partial charge in [-0.15, -0.1) is 0 Å². The van der Waals surface area contributed by atoms with Gasteiger partial charge in [0.15, 0.2) is 0 Å². The Kier molecular flexibility index (Phi) is 3.72. The van der Waals surface area contributed by atoms with Crippen LogP contribution in [0.25, 0.3) is 0 Å². The van der Waals surface area contributed by atoms with Gasteiger partial charge in [0.05, 0.1) is 12.2 Å². The molecule has 0 aliphatic carbocycles. The first kappa shape index (κ1) is 14.5. The van der Waals surface area contributed by atoms with Crippen LogP contribution >= 0.6 is 0 Å². The smallest absolute Gasteiger partial charge is 0.274 e. The van der Waals surface area contributed by atoms with Gasteiger partial charge in [0, 0.05) is 12.0 Å². The van der Waals surface area contributed by atoms with Crippen LogP contribution in [0, 0.1) is 0 Å². The van der Waals surface area contributed by atoms with E-state index in [1.165, 1.54) is 6.26 Å². The lowest BCUT2D eigenvalue weighted by Gasteiger charge is -2.21. The third-order valence-electron chi connectivity index (χ3n) is 4.01. The lowest BCUT2D eigenvalue weighted by atomic mass is 10.0. The summed E-state index contributed by atoms with van der Waals surface area (Å²) in [6.45, 7) is 0. The SMILES string of the molecule is O=C(c1ccccc1)N1N=C(N2C=CON2)CC1c1ccccc1. The topological polar surface area (TPSA) is 57.2 Å². The fourth-order valence-electron chi connectivity index (χ4n) is 2.82. The van der Waals surface area contributed by atoms with Gasteiger partial charge in [-0.1, -0.05) is 54.1 Å². The second kappa shape index (κ2) is 6.17. The molecule has 0 saturated carbocycles. The highest BCUT2D eigenvalue weighted by Crippen LogP contribution is 2.32. The summed E-state index contributed by atoms with van der Waals surface area (Å²) in [5.74, 6) is 0.602. The molecule has 0 bridgehead atoms. The highest BCUT2D eigenvalue weighted by atomic mass is 16.7. The van der Waals surface area contributed by atoms with Crippen molar-refractivity contribution in [1.82, 2.24) is 15.6 Å². The van der Waals surface area contributed by atoms with Gasteiger partial charge in [-0.3, -0.25) is 4.79 Å². The Labute approximate surface area is 139 Å². The second-order valence-corrected chi connectivity index (χ2v) is 5.53. The van der Waals surface area contributed by atoms with Gasteiger partial charge in [0.2, 0.25) is 0 Å². The Morgan fingerprint density at radius 3 is 2.46 bits per heavy atom. The molecular formula is C18H16N4O2. The van der Waals surface area contributed by atoms with Gasteiger partial charge < -0.3 is 4.84 Å². The van der Waals surface area contributed by atoms with Crippen molar-refractivity contribution in [2.45, 2.75) is 12.5 Å². The first-order chi connectivity index (χ1) is 11.8. The largest absolute Gasteiger partial charge is 0.395 e. The first-order valence-electron chi connectivity index (χ1n) is 7.71. The molecule has 6 heteroatoms. The second-order valence-electron chi connectivity index (χ2n) is 5.53. The third kappa shape index (κ3) is 2.63. The number of hydrogen-bond donors (Lipinski definition) is 1. The minimum Gasteiger partial charge on any atom is -0.395 e. The average Bonchev–Trinajstić information content (AvgIpc) is 3.32. The molecule has 4 rings (SSSR count). The fraction of sp³-hybridized carbons (Fsp3) is 0.111. The number of carbonyl (C=O) groups excluding carboxylic acids is 1. The molecule has 1 amide bonds. The molecule has 2 aliphatic rings. The van der Waals surface area contributed by atoms with Crippen LogP contribution < -0.4 is 5.59 Å². The average molecular weight is 320 g/mol. The van der Waals surface area contributed by atoms with Crippen molar-refractivity contribution in [3.8, 4) is 0 Å². The van der Waals surface area contributed by atoms with E-state index in [0.29, 0.717) is 12.0 Å². The van der Waals surface area contributed by atoms with Crippen LogP contribution in [0.3, 0.4) is 0 Å². The number of carbonyl (C=O) groups is 1. The summed E-state index contributed by atoms with van der Waals surface area (Å²) in [5.41, 5.74) is 4.38. The molecule has 24 heavy (non-hydrogen) atoms. The quantitative estimate of drug-likeness (QED) is 0.924. The maximum atomic E-state index is 12.9. The van der Waals surface area contributed by atoms with Crippen LogP contribution in [0.1, 0.15) is 28.4 Å². The monoisotopic (exact) mass is 320 g/mol. The summed E-state index contributed by atoms with van der Waals surface area (Å²) < 4.78 is 0. The van der Waals surface area contributed by atoms with Crippen molar-refractivity contribution in [1.29, 1.82) is 0 Å². The van der Waals surface area contributed by atoms with Crippen LogP contribution in [-0.4, -0.2) is 21.8 Å². The zero-order valence-electron chi connectivity index (χ0n) is 12.9.